The molecule has 1 unspecified atom stereocenters. The topological polar surface area (TPSA) is 74.8 Å². The van der Waals surface area contributed by atoms with Gasteiger partial charge in [-0.3, -0.25) is 4.99 Å². The van der Waals surface area contributed by atoms with Crippen molar-refractivity contribution in [3.05, 3.63) is 0 Å². The Balaban J connectivity index is 0.00000441. The lowest BCUT2D eigenvalue weighted by Gasteiger charge is -2.24. The summed E-state index contributed by atoms with van der Waals surface area (Å²) in [7, 11) is 0. The molecule has 1 atom stereocenters. The molecule has 1 aliphatic rings. The maximum Gasteiger partial charge on any atom is 0.407 e. The van der Waals surface area contributed by atoms with Gasteiger partial charge in [0.05, 0.1) is 19.2 Å². The number of carbonyl (C=O) groups is 1. The van der Waals surface area contributed by atoms with Crippen LogP contribution in [-0.2, 0) is 4.74 Å². The van der Waals surface area contributed by atoms with Crippen LogP contribution in [0.4, 0.5) is 4.79 Å². The molecule has 1 aliphatic carbocycles. The summed E-state index contributed by atoms with van der Waals surface area (Å²) in [6.45, 7) is 11.9. The number of ether oxygens (including phenoxy) is 1. The Kier molecular flexibility index (Phi) is 9.79. The van der Waals surface area contributed by atoms with Crippen molar-refractivity contribution in [2.75, 3.05) is 19.7 Å². The molecule has 1 fully saturated rings. The van der Waals surface area contributed by atoms with E-state index in [0.29, 0.717) is 19.1 Å². The number of alkyl carbamates (subject to hydrolysis) is 1. The first-order chi connectivity index (χ1) is 9.85. The molecule has 1 saturated carbocycles. The number of amides is 1. The van der Waals surface area contributed by atoms with Crippen LogP contribution in [0.1, 0.15) is 47.5 Å². The van der Waals surface area contributed by atoms with E-state index in [2.05, 4.69) is 41.7 Å². The van der Waals surface area contributed by atoms with Crippen LogP contribution in [0, 0.1) is 5.92 Å². The van der Waals surface area contributed by atoms with Crippen LogP contribution in [0.5, 0.6) is 0 Å². The second-order valence-electron chi connectivity index (χ2n) is 6.40. The van der Waals surface area contributed by atoms with Gasteiger partial charge < -0.3 is 20.7 Å². The number of rotatable bonds is 6. The van der Waals surface area contributed by atoms with Crippen molar-refractivity contribution in [3.8, 4) is 0 Å². The average molecular weight is 426 g/mol. The molecule has 0 aliphatic heterocycles. The number of guanidine groups is 1. The zero-order chi connectivity index (χ0) is 15.9. The van der Waals surface area contributed by atoms with Gasteiger partial charge in [0.25, 0.3) is 0 Å². The van der Waals surface area contributed by atoms with Gasteiger partial charge in [0.15, 0.2) is 5.96 Å². The van der Waals surface area contributed by atoms with Crippen LogP contribution in [-0.4, -0.2) is 43.3 Å². The third-order valence-electron chi connectivity index (χ3n) is 3.05. The van der Waals surface area contributed by atoms with Gasteiger partial charge in [0.1, 0.15) is 0 Å². The van der Waals surface area contributed by atoms with E-state index >= 15 is 0 Å². The van der Waals surface area contributed by atoms with Crippen molar-refractivity contribution in [3.63, 3.8) is 0 Å². The van der Waals surface area contributed by atoms with E-state index < -0.39 is 0 Å². The van der Waals surface area contributed by atoms with Crippen molar-refractivity contribution in [1.82, 2.24) is 16.0 Å². The number of halogens is 1. The minimum Gasteiger partial charge on any atom is -0.450 e. The van der Waals surface area contributed by atoms with Gasteiger partial charge >= 0.3 is 6.09 Å². The van der Waals surface area contributed by atoms with Gasteiger partial charge in [-0.15, -0.1) is 24.0 Å². The Bertz CT molecular complexity index is 365. The quantitative estimate of drug-likeness (QED) is 0.347. The first kappa shape index (κ1) is 21.3. The van der Waals surface area contributed by atoms with Crippen LogP contribution < -0.4 is 16.0 Å². The van der Waals surface area contributed by atoms with Crippen LogP contribution in [0.3, 0.4) is 0 Å². The molecule has 1 amide bonds. The van der Waals surface area contributed by atoms with E-state index in [9.17, 15) is 4.79 Å². The Hall–Kier alpha value is -0.730. The summed E-state index contributed by atoms with van der Waals surface area (Å²) >= 11 is 0. The number of nitrogens with zero attached hydrogens (tertiary/aromatic N) is 1. The first-order valence-electron chi connectivity index (χ1n) is 7.85. The van der Waals surface area contributed by atoms with E-state index in [4.69, 9.17) is 4.74 Å². The smallest absolute Gasteiger partial charge is 0.407 e. The van der Waals surface area contributed by atoms with Crippen molar-refractivity contribution < 1.29 is 9.53 Å². The fourth-order valence-corrected chi connectivity index (χ4v) is 1.99. The molecule has 0 aromatic rings. The second-order valence-corrected chi connectivity index (χ2v) is 6.40. The molecule has 0 saturated heterocycles. The molecular formula is C15H31IN4O2. The normalized spacial score (nSPS) is 16.3. The molecule has 6 nitrogen and oxygen atoms in total. The fourth-order valence-electron chi connectivity index (χ4n) is 1.99. The summed E-state index contributed by atoms with van der Waals surface area (Å²) in [5.41, 5.74) is -0.0509. The highest BCUT2D eigenvalue weighted by Gasteiger charge is 2.32. The van der Waals surface area contributed by atoms with Crippen molar-refractivity contribution in [2.45, 2.75) is 59.0 Å². The van der Waals surface area contributed by atoms with Crippen LogP contribution in [0.15, 0.2) is 4.99 Å². The molecule has 0 aromatic carbocycles. The van der Waals surface area contributed by atoms with Gasteiger partial charge in [-0.1, -0.05) is 0 Å². The zero-order valence-corrected chi connectivity index (χ0v) is 16.7. The minimum atomic E-state index is -0.349. The Morgan fingerprint density at radius 2 is 1.95 bits per heavy atom. The Morgan fingerprint density at radius 1 is 1.32 bits per heavy atom. The maximum absolute atomic E-state index is 11.6. The highest BCUT2D eigenvalue weighted by atomic mass is 127. The van der Waals surface area contributed by atoms with Gasteiger partial charge in [-0.25, -0.2) is 4.79 Å². The summed E-state index contributed by atoms with van der Waals surface area (Å²) in [5.74, 6) is 1.30. The summed E-state index contributed by atoms with van der Waals surface area (Å²) in [6.07, 6.45) is 1.95. The monoisotopic (exact) mass is 426 g/mol. The van der Waals surface area contributed by atoms with Gasteiger partial charge in [-0.05, 0) is 53.4 Å². The number of nitrogens with one attached hydrogen (secondary N) is 3. The number of carbonyl (C=O) groups excluding carboxylic acids is 1. The number of hydrogen-bond acceptors (Lipinski definition) is 3. The highest BCUT2D eigenvalue weighted by molar-refractivity contribution is 14.0. The molecule has 22 heavy (non-hydrogen) atoms. The summed E-state index contributed by atoms with van der Waals surface area (Å²) in [6, 6.07) is 0.0551. The standard InChI is InChI=1S/C15H30N4O2.HI/c1-6-16-13(19-15(3,4)5)17-10-12(11-8-9-11)18-14(20)21-7-2;/h11-12H,6-10H2,1-5H3,(H,18,20)(H2,16,17,19);1H. The lowest BCUT2D eigenvalue weighted by molar-refractivity contribution is 0.147. The molecule has 130 valence electrons. The van der Waals surface area contributed by atoms with Crippen LogP contribution in [0.25, 0.3) is 0 Å². The molecule has 0 radical (unpaired) electrons. The molecular weight excluding hydrogens is 395 g/mol. The second kappa shape index (κ2) is 10.1. The summed E-state index contributed by atoms with van der Waals surface area (Å²) in [5, 5.41) is 9.49. The Morgan fingerprint density at radius 3 is 2.41 bits per heavy atom. The van der Waals surface area contributed by atoms with Crippen LogP contribution in [0.2, 0.25) is 0 Å². The van der Waals surface area contributed by atoms with Crippen molar-refractivity contribution in [2.24, 2.45) is 10.9 Å². The van der Waals surface area contributed by atoms with E-state index in [0.717, 1.165) is 25.3 Å². The first-order valence-corrected chi connectivity index (χ1v) is 7.85. The third kappa shape index (κ3) is 9.32. The highest BCUT2D eigenvalue weighted by Crippen LogP contribution is 2.32. The molecule has 1 rings (SSSR count). The van der Waals surface area contributed by atoms with Crippen molar-refractivity contribution in [1.29, 1.82) is 0 Å². The predicted octanol–water partition coefficient (Wildman–Crippen LogP) is 2.48. The summed E-state index contributed by atoms with van der Waals surface area (Å²) < 4.78 is 4.96. The largest absolute Gasteiger partial charge is 0.450 e. The van der Waals surface area contributed by atoms with Gasteiger partial charge in [-0.2, -0.15) is 0 Å². The number of aliphatic imine (C=N–C) groups is 1. The molecule has 0 spiro atoms. The number of hydrogen-bond donors (Lipinski definition) is 3. The Labute approximate surface area is 151 Å². The zero-order valence-electron chi connectivity index (χ0n) is 14.4. The molecule has 0 heterocycles. The third-order valence-corrected chi connectivity index (χ3v) is 3.05. The molecule has 3 N–H and O–H groups in total. The maximum atomic E-state index is 11.6. The average Bonchev–Trinajstić information content (AvgIpc) is 3.17. The minimum absolute atomic E-state index is 0. The van der Waals surface area contributed by atoms with E-state index in [-0.39, 0.29) is 41.7 Å². The molecule has 7 heteroatoms. The lowest BCUT2D eigenvalue weighted by Crippen LogP contribution is -2.48. The fraction of sp³-hybridized carbons (Fsp3) is 0.867. The van der Waals surface area contributed by atoms with Gasteiger partial charge in [0.2, 0.25) is 0 Å². The van der Waals surface area contributed by atoms with Gasteiger partial charge in [0, 0.05) is 12.1 Å². The van der Waals surface area contributed by atoms with E-state index in [1.165, 1.54) is 0 Å². The van der Waals surface area contributed by atoms with E-state index in [1.807, 2.05) is 6.92 Å². The molecule has 0 bridgehead atoms. The molecule has 0 aromatic heterocycles. The summed E-state index contributed by atoms with van der Waals surface area (Å²) in [4.78, 5) is 16.2. The van der Waals surface area contributed by atoms with Crippen molar-refractivity contribution >= 4 is 36.0 Å². The van der Waals surface area contributed by atoms with E-state index in [1.54, 1.807) is 6.92 Å². The lowest BCUT2D eigenvalue weighted by atomic mass is 10.1. The predicted molar refractivity (Wildman–Crippen MR) is 101 cm³/mol. The SMILES string of the molecule is CCNC(=NCC(NC(=O)OCC)C1CC1)NC(C)(C)C.I. The van der Waals surface area contributed by atoms with Crippen LogP contribution >= 0.6 is 24.0 Å².